The van der Waals surface area contributed by atoms with Crippen LogP contribution in [-0.2, 0) is 9.59 Å². The fraction of sp³-hybridized carbons (Fsp3) is 0.842. The zero-order valence-electron chi connectivity index (χ0n) is 26.2. The van der Waals surface area contributed by atoms with Crippen molar-refractivity contribution < 1.29 is 9.59 Å². The van der Waals surface area contributed by atoms with Crippen LogP contribution < -0.4 is 0 Å². The lowest BCUT2D eigenvalue weighted by Gasteiger charge is -2.57. The van der Waals surface area contributed by atoms with Crippen LogP contribution in [0.2, 0.25) is 0 Å². The van der Waals surface area contributed by atoms with Crippen LogP contribution in [0.4, 0.5) is 0 Å². The van der Waals surface area contributed by atoms with Crippen molar-refractivity contribution in [2.75, 3.05) is 0 Å². The molecular formula is C38H56O2. The Kier molecular flexibility index (Phi) is 6.68. The Labute approximate surface area is 244 Å². The topological polar surface area (TPSA) is 34.1 Å². The molecule has 220 valence electrons. The molecule has 8 aliphatic rings. The van der Waals surface area contributed by atoms with Gasteiger partial charge in [-0.3, -0.25) is 9.59 Å². The number of hydrogen-bond donors (Lipinski definition) is 0. The lowest BCUT2D eigenvalue weighted by Crippen LogP contribution is -2.50. The second-order valence-electron chi connectivity index (χ2n) is 16.9. The number of Topliss-reactive ketones (excluding diaryl/α,β-unsaturated/α-hetero) is 1. The van der Waals surface area contributed by atoms with Crippen LogP contribution in [0.1, 0.15) is 143 Å². The smallest absolute Gasteiger partial charge is 0.155 e. The molecule has 0 amide bonds. The largest absolute Gasteiger partial charge is 0.299 e. The van der Waals surface area contributed by atoms with Crippen molar-refractivity contribution in [2.24, 2.45) is 57.2 Å². The summed E-state index contributed by atoms with van der Waals surface area (Å²) in [6, 6.07) is 0. The molecule has 0 aromatic heterocycles. The zero-order valence-corrected chi connectivity index (χ0v) is 26.2. The predicted octanol–water partition coefficient (Wildman–Crippen LogP) is 9.82. The van der Waals surface area contributed by atoms with Crippen molar-refractivity contribution >= 4 is 11.6 Å². The van der Waals surface area contributed by atoms with Gasteiger partial charge in [-0.1, -0.05) is 51.3 Å². The van der Waals surface area contributed by atoms with Gasteiger partial charge in [-0.25, -0.2) is 0 Å². The molecule has 0 heterocycles. The Balaban J connectivity index is 0.000000133. The molecule has 10 atom stereocenters. The van der Waals surface area contributed by atoms with E-state index in [1.165, 1.54) is 76.2 Å². The first-order valence-electron chi connectivity index (χ1n) is 17.6. The summed E-state index contributed by atoms with van der Waals surface area (Å²) >= 11 is 0. The van der Waals surface area contributed by atoms with E-state index in [1.807, 2.05) is 11.6 Å². The quantitative estimate of drug-likeness (QED) is 0.284. The van der Waals surface area contributed by atoms with E-state index in [1.54, 1.807) is 6.42 Å². The van der Waals surface area contributed by atoms with Crippen LogP contribution in [-0.4, -0.2) is 11.6 Å². The fourth-order valence-electron chi connectivity index (χ4n) is 13.1. The van der Waals surface area contributed by atoms with Crippen LogP contribution in [0, 0.1) is 57.2 Å². The number of ketones is 2. The number of carbonyl (C=O) groups is 2. The highest BCUT2D eigenvalue weighted by Gasteiger charge is 2.59. The van der Waals surface area contributed by atoms with Crippen molar-refractivity contribution in [3.63, 3.8) is 0 Å². The van der Waals surface area contributed by atoms with Crippen molar-refractivity contribution in [2.45, 2.75) is 143 Å². The number of hydrogen-bond acceptors (Lipinski definition) is 2. The van der Waals surface area contributed by atoms with E-state index in [0.29, 0.717) is 34.7 Å². The minimum absolute atomic E-state index is 0.0246. The molecular weight excluding hydrogens is 488 g/mol. The van der Waals surface area contributed by atoms with Gasteiger partial charge in [-0.15, -0.1) is 0 Å². The maximum Gasteiger partial charge on any atom is 0.155 e. The van der Waals surface area contributed by atoms with Crippen molar-refractivity contribution in [1.82, 2.24) is 0 Å². The van der Waals surface area contributed by atoms with E-state index in [0.717, 1.165) is 61.7 Å². The third kappa shape index (κ3) is 3.99. The SMILES string of the molecule is C[C@@]12CCC[C@H]1[C@@H]1CCC3=CCCC[C@]3(C)[C@H]1CC2.C[C@]12CCC(=O)C=C1CC[C@@H]1[C@@H]2CC[C@]2(C)C(=O)CC[C@@H]12. The molecule has 40 heavy (non-hydrogen) atoms. The predicted molar refractivity (Wildman–Crippen MR) is 163 cm³/mol. The van der Waals surface area contributed by atoms with Gasteiger partial charge in [0.05, 0.1) is 0 Å². The van der Waals surface area contributed by atoms with Crippen LogP contribution >= 0.6 is 0 Å². The average molecular weight is 545 g/mol. The number of allylic oxidation sites excluding steroid dienone is 3. The monoisotopic (exact) mass is 544 g/mol. The summed E-state index contributed by atoms with van der Waals surface area (Å²) in [5.74, 6) is 6.06. The second-order valence-corrected chi connectivity index (χ2v) is 16.9. The van der Waals surface area contributed by atoms with E-state index >= 15 is 0 Å². The Bertz CT molecular complexity index is 1130. The molecule has 0 aliphatic heterocycles. The molecule has 8 aliphatic carbocycles. The number of fused-ring (bicyclic) bond motifs is 10. The highest BCUT2D eigenvalue weighted by atomic mass is 16.1. The molecule has 0 radical (unpaired) electrons. The van der Waals surface area contributed by atoms with E-state index in [9.17, 15) is 9.59 Å². The van der Waals surface area contributed by atoms with Gasteiger partial charge in [0.15, 0.2) is 5.78 Å². The Morgan fingerprint density at radius 2 is 1.25 bits per heavy atom. The highest BCUT2D eigenvalue weighted by Crippen LogP contribution is 2.66. The molecule has 2 heteroatoms. The number of rotatable bonds is 0. The van der Waals surface area contributed by atoms with Crippen LogP contribution in [0.5, 0.6) is 0 Å². The first-order valence-corrected chi connectivity index (χ1v) is 17.6. The van der Waals surface area contributed by atoms with E-state index in [-0.39, 0.29) is 10.8 Å². The van der Waals surface area contributed by atoms with Crippen molar-refractivity contribution in [3.8, 4) is 0 Å². The molecule has 6 saturated carbocycles. The summed E-state index contributed by atoms with van der Waals surface area (Å²) in [6.45, 7) is 9.89. The maximum atomic E-state index is 12.4. The molecule has 2 nitrogen and oxygen atoms in total. The minimum atomic E-state index is -0.0246. The molecule has 0 bridgehead atoms. The van der Waals surface area contributed by atoms with Gasteiger partial charge in [0.2, 0.25) is 0 Å². The van der Waals surface area contributed by atoms with Gasteiger partial charge in [0, 0.05) is 18.3 Å². The molecule has 0 unspecified atom stereocenters. The molecule has 0 aromatic carbocycles. The van der Waals surface area contributed by atoms with E-state index in [2.05, 4.69) is 33.8 Å². The summed E-state index contributed by atoms with van der Waals surface area (Å²) in [7, 11) is 0. The molecule has 0 N–H and O–H groups in total. The molecule has 0 spiro atoms. The summed E-state index contributed by atoms with van der Waals surface area (Å²) in [5.41, 5.74) is 4.83. The van der Waals surface area contributed by atoms with Gasteiger partial charge < -0.3 is 0 Å². The lowest BCUT2D eigenvalue weighted by molar-refractivity contribution is -0.132. The van der Waals surface area contributed by atoms with Gasteiger partial charge in [-0.2, -0.15) is 0 Å². The summed E-state index contributed by atoms with van der Waals surface area (Å²) in [6.07, 6.45) is 27.7. The Morgan fingerprint density at radius 1 is 0.575 bits per heavy atom. The molecule has 0 aromatic rings. The van der Waals surface area contributed by atoms with Gasteiger partial charge >= 0.3 is 0 Å². The van der Waals surface area contributed by atoms with E-state index < -0.39 is 0 Å². The summed E-state index contributed by atoms with van der Waals surface area (Å²) in [4.78, 5) is 24.1. The highest BCUT2D eigenvalue weighted by molar-refractivity contribution is 5.91. The van der Waals surface area contributed by atoms with Crippen LogP contribution in [0.25, 0.3) is 0 Å². The lowest BCUT2D eigenvalue weighted by atomic mass is 9.47. The van der Waals surface area contributed by atoms with Gasteiger partial charge in [-0.05, 0) is 154 Å². The second kappa shape index (κ2) is 9.67. The first-order chi connectivity index (χ1) is 19.1. The first kappa shape index (κ1) is 27.6. The van der Waals surface area contributed by atoms with Crippen molar-refractivity contribution in [3.05, 3.63) is 23.3 Å². The third-order valence-electron chi connectivity index (χ3n) is 15.5. The Morgan fingerprint density at radius 3 is 2.05 bits per heavy atom. The van der Waals surface area contributed by atoms with Crippen LogP contribution in [0.3, 0.4) is 0 Å². The van der Waals surface area contributed by atoms with Crippen molar-refractivity contribution in [1.29, 1.82) is 0 Å². The maximum absolute atomic E-state index is 12.4. The molecule has 0 saturated heterocycles. The normalized spacial score (nSPS) is 51.0. The Hall–Kier alpha value is -1.18. The molecule has 6 fully saturated rings. The fourth-order valence-corrected chi connectivity index (χ4v) is 13.1. The van der Waals surface area contributed by atoms with Crippen LogP contribution in [0.15, 0.2) is 23.3 Å². The average Bonchev–Trinajstić information content (AvgIpc) is 3.48. The standard InChI is InChI=1S/C19H26O2.C19H30/c1-18-9-7-13(20)11-12(18)3-4-14-15-5-6-17(21)19(15,2)10-8-16(14)18;1-18-11-5-7-16(18)15-9-8-14-6-3-4-12-19(14,2)17(15)10-13-18/h11,14-16H,3-10H2,1-2H3;6,15-17H,3-5,7-13H2,1-2H3/t14-,15-,16-,18-,19-;15-,16-,17-,18-,19-/m00/s1. The minimum Gasteiger partial charge on any atom is -0.299 e. The number of carbonyl (C=O) groups excluding carboxylic acids is 2. The molecule has 8 rings (SSSR count). The van der Waals surface area contributed by atoms with Gasteiger partial charge in [0.1, 0.15) is 5.78 Å². The summed E-state index contributed by atoms with van der Waals surface area (Å²) < 4.78 is 0. The zero-order chi connectivity index (χ0) is 27.9. The van der Waals surface area contributed by atoms with Gasteiger partial charge in [0.25, 0.3) is 0 Å². The summed E-state index contributed by atoms with van der Waals surface area (Å²) in [5, 5.41) is 0. The third-order valence-corrected chi connectivity index (χ3v) is 15.5. The van der Waals surface area contributed by atoms with E-state index in [4.69, 9.17) is 0 Å².